The molecule has 0 aromatic carbocycles. The number of carbonyl (C=O) groups is 1. The molecule has 0 spiro atoms. The van der Waals surface area contributed by atoms with Crippen LogP contribution in [-0.2, 0) is 20.8 Å². The van der Waals surface area contributed by atoms with Crippen LogP contribution < -0.4 is 0 Å². The number of aromatic nitrogens is 2. The van der Waals surface area contributed by atoms with E-state index in [1.165, 1.54) is 7.11 Å². The van der Waals surface area contributed by atoms with Crippen LogP contribution in [0, 0.1) is 0 Å². The number of ether oxygens (including phenoxy) is 3. The molecule has 6 heteroatoms. The van der Waals surface area contributed by atoms with Gasteiger partial charge in [0.2, 0.25) is 0 Å². The minimum Gasteiger partial charge on any atom is -0.464 e. The highest BCUT2D eigenvalue weighted by atomic mass is 16.7. The Bertz CT molecular complexity index is 371. The van der Waals surface area contributed by atoms with Crippen molar-refractivity contribution in [1.29, 1.82) is 0 Å². The lowest BCUT2D eigenvalue weighted by Crippen LogP contribution is -2.15. The molecule has 0 saturated carbocycles. The summed E-state index contributed by atoms with van der Waals surface area (Å²) in [6.45, 7) is 1.89. The number of hydrogen-bond donors (Lipinski definition) is 0. The maximum atomic E-state index is 11.2. The zero-order chi connectivity index (χ0) is 12.1. The Morgan fingerprint density at radius 3 is 3.29 bits per heavy atom. The van der Waals surface area contributed by atoms with Gasteiger partial charge in [0.05, 0.1) is 20.3 Å². The summed E-state index contributed by atoms with van der Waals surface area (Å²) in [5, 5.41) is 4.07. The van der Waals surface area contributed by atoms with Gasteiger partial charge in [-0.15, -0.1) is 0 Å². The van der Waals surface area contributed by atoms with Gasteiger partial charge in [-0.3, -0.25) is 4.68 Å². The van der Waals surface area contributed by atoms with Crippen LogP contribution in [0.1, 0.15) is 23.3 Å². The highest BCUT2D eigenvalue weighted by molar-refractivity contribution is 5.86. The number of rotatable bonds is 5. The van der Waals surface area contributed by atoms with Crippen molar-refractivity contribution in [2.24, 2.45) is 0 Å². The average molecular weight is 240 g/mol. The fraction of sp³-hybridized carbons (Fsp3) is 0.636. The third-order valence-electron chi connectivity index (χ3n) is 2.55. The maximum Gasteiger partial charge on any atom is 0.358 e. The second-order valence-corrected chi connectivity index (χ2v) is 3.77. The molecule has 0 radical (unpaired) electrons. The lowest BCUT2D eigenvalue weighted by atomic mass is 10.4. The number of nitrogens with zero attached hydrogens (tertiary/aromatic N) is 2. The zero-order valence-corrected chi connectivity index (χ0v) is 9.80. The minimum atomic E-state index is -0.427. The fourth-order valence-corrected chi connectivity index (χ4v) is 1.66. The Hall–Kier alpha value is -1.40. The van der Waals surface area contributed by atoms with Crippen LogP contribution in [0.25, 0.3) is 0 Å². The molecule has 0 bridgehead atoms. The van der Waals surface area contributed by atoms with Crippen LogP contribution in [0.3, 0.4) is 0 Å². The van der Waals surface area contributed by atoms with E-state index in [1.807, 2.05) is 0 Å². The molecule has 1 unspecified atom stereocenters. The molecule has 2 heterocycles. The number of esters is 1. The lowest BCUT2D eigenvalue weighted by Gasteiger charge is -2.10. The molecule has 1 fully saturated rings. The van der Waals surface area contributed by atoms with Crippen LogP contribution in [0.4, 0.5) is 0 Å². The first kappa shape index (κ1) is 12.1. The van der Waals surface area contributed by atoms with Crippen molar-refractivity contribution >= 4 is 5.97 Å². The predicted molar refractivity (Wildman–Crippen MR) is 58.5 cm³/mol. The van der Waals surface area contributed by atoms with E-state index in [9.17, 15) is 4.79 Å². The highest BCUT2D eigenvalue weighted by Gasteiger charge is 2.15. The van der Waals surface area contributed by atoms with E-state index in [0.29, 0.717) is 18.8 Å². The first-order valence-corrected chi connectivity index (χ1v) is 5.64. The minimum absolute atomic E-state index is 0.0781. The molecule has 0 N–H and O–H groups in total. The van der Waals surface area contributed by atoms with Crippen LogP contribution in [-0.4, -0.2) is 42.4 Å². The summed E-state index contributed by atoms with van der Waals surface area (Å²) in [6.07, 6.45) is 3.65. The van der Waals surface area contributed by atoms with E-state index < -0.39 is 5.97 Å². The summed E-state index contributed by atoms with van der Waals surface area (Å²) in [7, 11) is 1.34. The van der Waals surface area contributed by atoms with Gasteiger partial charge in [-0.25, -0.2) is 4.79 Å². The first-order chi connectivity index (χ1) is 8.29. The van der Waals surface area contributed by atoms with E-state index in [4.69, 9.17) is 9.47 Å². The molecule has 0 amide bonds. The largest absolute Gasteiger partial charge is 0.464 e. The molecule has 1 aromatic rings. The van der Waals surface area contributed by atoms with Gasteiger partial charge >= 0.3 is 5.97 Å². The summed E-state index contributed by atoms with van der Waals surface area (Å²) >= 11 is 0. The van der Waals surface area contributed by atoms with Gasteiger partial charge in [-0.05, 0) is 12.5 Å². The molecular weight excluding hydrogens is 224 g/mol. The van der Waals surface area contributed by atoms with Gasteiger partial charge in [0, 0.05) is 19.2 Å². The SMILES string of the molecule is COC(=O)c1ccn(CCOC2CCCO2)n1. The molecule has 2 rings (SSSR count). The topological polar surface area (TPSA) is 62.6 Å². The second-order valence-electron chi connectivity index (χ2n) is 3.77. The Kier molecular flexibility index (Phi) is 4.11. The summed E-state index contributed by atoms with van der Waals surface area (Å²) in [4.78, 5) is 11.2. The molecule has 0 aliphatic carbocycles. The Morgan fingerprint density at radius 2 is 2.59 bits per heavy atom. The lowest BCUT2D eigenvalue weighted by molar-refractivity contribution is -0.113. The standard InChI is InChI=1S/C11H16N2O4/c1-15-11(14)9-4-5-13(12-9)6-8-17-10-3-2-7-16-10/h4-5,10H,2-3,6-8H2,1H3. The fourth-order valence-electron chi connectivity index (χ4n) is 1.66. The van der Waals surface area contributed by atoms with Crippen LogP contribution in [0.2, 0.25) is 0 Å². The van der Waals surface area contributed by atoms with Gasteiger partial charge in [0.1, 0.15) is 0 Å². The van der Waals surface area contributed by atoms with E-state index in [-0.39, 0.29) is 6.29 Å². The summed E-state index contributed by atoms with van der Waals surface area (Å²) in [5.41, 5.74) is 0.310. The summed E-state index contributed by atoms with van der Waals surface area (Å²) < 4.78 is 17.1. The van der Waals surface area contributed by atoms with Crippen LogP contribution in [0.15, 0.2) is 12.3 Å². The maximum absolute atomic E-state index is 11.2. The summed E-state index contributed by atoms with van der Waals surface area (Å²) in [5.74, 6) is -0.427. The van der Waals surface area contributed by atoms with Crippen molar-refractivity contribution in [1.82, 2.24) is 9.78 Å². The molecule has 1 saturated heterocycles. The molecule has 1 atom stereocenters. The van der Waals surface area contributed by atoms with Gasteiger partial charge in [0.25, 0.3) is 0 Å². The van der Waals surface area contributed by atoms with E-state index in [2.05, 4.69) is 9.84 Å². The Morgan fingerprint density at radius 1 is 1.71 bits per heavy atom. The molecule has 1 aliphatic heterocycles. The molecular formula is C11H16N2O4. The summed E-state index contributed by atoms with van der Waals surface area (Å²) in [6, 6.07) is 1.62. The highest BCUT2D eigenvalue weighted by Crippen LogP contribution is 2.12. The number of carbonyl (C=O) groups excluding carboxylic acids is 1. The Balaban J connectivity index is 1.74. The van der Waals surface area contributed by atoms with Gasteiger partial charge in [-0.2, -0.15) is 5.10 Å². The molecule has 94 valence electrons. The molecule has 17 heavy (non-hydrogen) atoms. The Labute approximate surface area is 99.5 Å². The van der Waals surface area contributed by atoms with Crippen molar-refractivity contribution < 1.29 is 19.0 Å². The zero-order valence-electron chi connectivity index (χ0n) is 9.80. The normalized spacial score (nSPS) is 19.5. The number of hydrogen-bond acceptors (Lipinski definition) is 5. The second kappa shape index (κ2) is 5.79. The third-order valence-corrected chi connectivity index (χ3v) is 2.55. The van der Waals surface area contributed by atoms with Crippen molar-refractivity contribution in [2.45, 2.75) is 25.7 Å². The molecule has 6 nitrogen and oxygen atoms in total. The monoisotopic (exact) mass is 240 g/mol. The van der Waals surface area contributed by atoms with E-state index >= 15 is 0 Å². The van der Waals surface area contributed by atoms with Gasteiger partial charge < -0.3 is 14.2 Å². The average Bonchev–Trinajstić information content (AvgIpc) is 2.99. The molecule has 1 aromatic heterocycles. The van der Waals surface area contributed by atoms with Gasteiger partial charge in [0.15, 0.2) is 12.0 Å². The smallest absolute Gasteiger partial charge is 0.358 e. The van der Waals surface area contributed by atoms with E-state index in [0.717, 1.165) is 19.4 Å². The predicted octanol–water partition coefficient (Wildman–Crippen LogP) is 0.823. The van der Waals surface area contributed by atoms with Crippen molar-refractivity contribution in [3.8, 4) is 0 Å². The van der Waals surface area contributed by atoms with Crippen LogP contribution >= 0.6 is 0 Å². The third kappa shape index (κ3) is 3.28. The quantitative estimate of drug-likeness (QED) is 0.713. The van der Waals surface area contributed by atoms with E-state index in [1.54, 1.807) is 16.9 Å². The van der Waals surface area contributed by atoms with Crippen molar-refractivity contribution in [3.63, 3.8) is 0 Å². The van der Waals surface area contributed by atoms with Gasteiger partial charge in [-0.1, -0.05) is 0 Å². The van der Waals surface area contributed by atoms with Crippen LogP contribution in [0.5, 0.6) is 0 Å². The first-order valence-electron chi connectivity index (χ1n) is 5.64. The van der Waals surface area contributed by atoms with Crippen molar-refractivity contribution in [3.05, 3.63) is 18.0 Å². The number of methoxy groups -OCH3 is 1. The molecule has 1 aliphatic rings. The van der Waals surface area contributed by atoms with Crippen molar-refractivity contribution in [2.75, 3.05) is 20.3 Å².